The number of benzene rings is 2. The molecule has 1 amide bonds. The first-order chi connectivity index (χ1) is 15.4. The van der Waals surface area contributed by atoms with E-state index >= 15 is 0 Å². The van der Waals surface area contributed by atoms with Crippen LogP contribution in [0.4, 0.5) is 10.1 Å². The van der Waals surface area contributed by atoms with Crippen molar-refractivity contribution in [1.29, 1.82) is 0 Å². The zero-order valence-electron chi connectivity index (χ0n) is 17.5. The van der Waals surface area contributed by atoms with Crippen LogP contribution < -0.4 is 9.64 Å². The van der Waals surface area contributed by atoms with Crippen LogP contribution in [0.3, 0.4) is 0 Å². The highest BCUT2D eigenvalue weighted by molar-refractivity contribution is 6.51. The molecule has 4 rings (SSSR count). The van der Waals surface area contributed by atoms with E-state index in [1.54, 1.807) is 42.5 Å². The van der Waals surface area contributed by atoms with Gasteiger partial charge in [-0.3, -0.25) is 19.5 Å². The summed E-state index contributed by atoms with van der Waals surface area (Å²) in [5.41, 5.74) is 0.800. The molecule has 32 heavy (non-hydrogen) atoms. The van der Waals surface area contributed by atoms with Gasteiger partial charge in [0.15, 0.2) is 0 Å². The van der Waals surface area contributed by atoms with Gasteiger partial charge < -0.3 is 9.84 Å². The van der Waals surface area contributed by atoms with E-state index in [2.05, 4.69) is 4.98 Å². The SMILES string of the molecule is CC(C)Oc1ccc(/C(O)=C2\C(=O)C(=O)N(c3cccc(F)c3)C2c2ccccn2)cc1. The summed E-state index contributed by atoms with van der Waals surface area (Å²) in [6, 6.07) is 16.0. The van der Waals surface area contributed by atoms with Crippen LogP contribution in [0.5, 0.6) is 5.75 Å². The molecule has 2 heterocycles. The molecule has 1 unspecified atom stereocenters. The zero-order valence-corrected chi connectivity index (χ0v) is 17.5. The van der Waals surface area contributed by atoms with Crippen molar-refractivity contribution in [2.24, 2.45) is 0 Å². The Labute approximate surface area is 184 Å². The van der Waals surface area contributed by atoms with E-state index in [0.717, 1.165) is 4.90 Å². The number of ketones is 1. The van der Waals surface area contributed by atoms with Gasteiger partial charge in [0.1, 0.15) is 23.4 Å². The second-order valence-corrected chi connectivity index (χ2v) is 7.59. The van der Waals surface area contributed by atoms with Crippen molar-refractivity contribution in [3.05, 3.63) is 95.6 Å². The number of ether oxygens (including phenoxy) is 1. The maximum atomic E-state index is 13.9. The molecule has 1 aliphatic rings. The topological polar surface area (TPSA) is 79.7 Å². The molecule has 0 saturated carbocycles. The lowest BCUT2D eigenvalue weighted by molar-refractivity contribution is -0.132. The summed E-state index contributed by atoms with van der Waals surface area (Å²) in [6.07, 6.45) is 1.51. The van der Waals surface area contributed by atoms with Gasteiger partial charge in [-0.05, 0) is 68.4 Å². The number of pyridine rings is 1. The van der Waals surface area contributed by atoms with E-state index in [0.29, 0.717) is 17.0 Å². The van der Waals surface area contributed by atoms with Crippen LogP contribution in [0.2, 0.25) is 0 Å². The first-order valence-corrected chi connectivity index (χ1v) is 10.1. The van der Waals surface area contributed by atoms with E-state index < -0.39 is 23.5 Å². The number of hydrogen-bond acceptors (Lipinski definition) is 5. The van der Waals surface area contributed by atoms with Crippen molar-refractivity contribution in [2.75, 3.05) is 4.90 Å². The Morgan fingerprint density at radius 3 is 2.44 bits per heavy atom. The maximum Gasteiger partial charge on any atom is 0.300 e. The monoisotopic (exact) mass is 432 g/mol. The molecule has 1 fully saturated rings. The number of aromatic nitrogens is 1. The lowest BCUT2D eigenvalue weighted by atomic mass is 9.98. The van der Waals surface area contributed by atoms with E-state index in [1.165, 1.54) is 30.5 Å². The van der Waals surface area contributed by atoms with Crippen LogP contribution in [0.25, 0.3) is 5.76 Å². The molecule has 6 nitrogen and oxygen atoms in total. The van der Waals surface area contributed by atoms with Crippen molar-refractivity contribution in [2.45, 2.75) is 26.0 Å². The number of carbonyl (C=O) groups is 2. The third kappa shape index (κ3) is 3.97. The summed E-state index contributed by atoms with van der Waals surface area (Å²) in [6.45, 7) is 3.79. The Balaban J connectivity index is 1.85. The Morgan fingerprint density at radius 2 is 1.81 bits per heavy atom. The summed E-state index contributed by atoms with van der Waals surface area (Å²) in [7, 11) is 0. The number of amides is 1. The summed E-state index contributed by atoms with van der Waals surface area (Å²) in [4.78, 5) is 31.5. The highest BCUT2D eigenvalue weighted by Gasteiger charge is 2.47. The Kier molecular flexibility index (Phi) is 5.73. The Hall–Kier alpha value is -4.00. The quantitative estimate of drug-likeness (QED) is 0.361. The molecule has 7 heteroatoms. The van der Waals surface area contributed by atoms with Crippen LogP contribution >= 0.6 is 0 Å². The Morgan fingerprint density at radius 1 is 1.06 bits per heavy atom. The third-order valence-corrected chi connectivity index (χ3v) is 5.00. The summed E-state index contributed by atoms with van der Waals surface area (Å²) >= 11 is 0. The molecule has 1 saturated heterocycles. The van der Waals surface area contributed by atoms with Gasteiger partial charge in [0, 0.05) is 17.4 Å². The van der Waals surface area contributed by atoms with Gasteiger partial charge in [0.05, 0.1) is 17.4 Å². The minimum Gasteiger partial charge on any atom is -0.507 e. The molecule has 1 aliphatic heterocycles. The maximum absolute atomic E-state index is 13.9. The molecule has 0 bridgehead atoms. The fourth-order valence-electron chi connectivity index (χ4n) is 3.66. The van der Waals surface area contributed by atoms with Gasteiger partial charge in [0.25, 0.3) is 11.7 Å². The van der Waals surface area contributed by atoms with Crippen LogP contribution in [0.1, 0.15) is 31.1 Å². The lowest BCUT2D eigenvalue weighted by Crippen LogP contribution is -2.29. The number of carbonyl (C=O) groups excluding carboxylic acids is 2. The summed E-state index contributed by atoms with van der Waals surface area (Å²) in [5.74, 6) is -2.02. The summed E-state index contributed by atoms with van der Waals surface area (Å²) in [5, 5.41) is 11.1. The molecular weight excluding hydrogens is 411 g/mol. The zero-order chi connectivity index (χ0) is 22.8. The van der Waals surface area contributed by atoms with Gasteiger partial charge in [-0.1, -0.05) is 12.1 Å². The highest BCUT2D eigenvalue weighted by Crippen LogP contribution is 2.41. The molecule has 2 aromatic carbocycles. The molecule has 0 spiro atoms. The first-order valence-electron chi connectivity index (χ1n) is 10.1. The normalized spacial score (nSPS) is 17.8. The molecule has 1 atom stereocenters. The predicted octanol–water partition coefficient (Wildman–Crippen LogP) is 4.63. The number of aliphatic hydroxyl groups excluding tert-OH is 1. The molecule has 1 aromatic heterocycles. The average molecular weight is 432 g/mol. The van der Waals surface area contributed by atoms with E-state index in [9.17, 15) is 19.1 Å². The fraction of sp³-hybridized carbons (Fsp3) is 0.160. The second-order valence-electron chi connectivity index (χ2n) is 7.59. The van der Waals surface area contributed by atoms with E-state index in [1.807, 2.05) is 13.8 Å². The van der Waals surface area contributed by atoms with Crippen molar-refractivity contribution in [3.63, 3.8) is 0 Å². The average Bonchev–Trinajstić information content (AvgIpc) is 3.05. The van der Waals surface area contributed by atoms with E-state index in [-0.39, 0.29) is 23.1 Å². The van der Waals surface area contributed by atoms with Crippen LogP contribution in [-0.4, -0.2) is 27.9 Å². The fourth-order valence-corrected chi connectivity index (χ4v) is 3.66. The minimum absolute atomic E-state index is 0.0183. The smallest absolute Gasteiger partial charge is 0.300 e. The molecule has 1 N–H and O–H groups in total. The number of rotatable bonds is 5. The van der Waals surface area contributed by atoms with Gasteiger partial charge >= 0.3 is 0 Å². The predicted molar refractivity (Wildman–Crippen MR) is 118 cm³/mol. The standard InChI is InChI=1S/C25H21FN2O4/c1-15(2)32-19-11-9-16(10-12-19)23(29)21-22(20-8-3-4-13-27-20)28(25(31)24(21)30)18-7-5-6-17(26)14-18/h3-15,22,29H,1-2H3/b23-21+. The number of halogens is 1. The second kappa shape index (κ2) is 8.63. The number of hydrogen-bond donors (Lipinski definition) is 1. The first kappa shape index (κ1) is 21.2. The number of anilines is 1. The molecule has 0 radical (unpaired) electrons. The van der Waals surface area contributed by atoms with Gasteiger partial charge in [-0.25, -0.2) is 4.39 Å². The van der Waals surface area contributed by atoms with Crippen molar-refractivity contribution >= 4 is 23.1 Å². The van der Waals surface area contributed by atoms with Crippen molar-refractivity contribution in [1.82, 2.24) is 4.98 Å². The van der Waals surface area contributed by atoms with Crippen LogP contribution in [-0.2, 0) is 9.59 Å². The van der Waals surface area contributed by atoms with Gasteiger partial charge in [-0.2, -0.15) is 0 Å². The largest absolute Gasteiger partial charge is 0.507 e. The molecule has 0 aliphatic carbocycles. The number of aliphatic hydroxyl groups is 1. The Bertz CT molecular complexity index is 1190. The van der Waals surface area contributed by atoms with Crippen molar-refractivity contribution in [3.8, 4) is 5.75 Å². The lowest BCUT2D eigenvalue weighted by Gasteiger charge is -2.24. The minimum atomic E-state index is -1.01. The van der Waals surface area contributed by atoms with E-state index in [4.69, 9.17) is 4.74 Å². The van der Waals surface area contributed by atoms with Crippen LogP contribution in [0, 0.1) is 5.82 Å². The van der Waals surface area contributed by atoms with Crippen LogP contribution in [0.15, 0.2) is 78.5 Å². The molecular formula is C25H21FN2O4. The van der Waals surface area contributed by atoms with Gasteiger partial charge in [-0.15, -0.1) is 0 Å². The van der Waals surface area contributed by atoms with Crippen molar-refractivity contribution < 1.29 is 23.8 Å². The number of Topliss-reactive ketones (excluding diaryl/α,β-unsaturated/α-hetero) is 1. The summed E-state index contributed by atoms with van der Waals surface area (Å²) < 4.78 is 19.5. The van der Waals surface area contributed by atoms with Gasteiger partial charge in [0.2, 0.25) is 0 Å². The molecule has 162 valence electrons. The third-order valence-electron chi connectivity index (χ3n) is 5.00. The highest BCUT2D eigenvalue weighted by atomic mass is 19.1. The number of nitrogens with zero attached hydrogens (tertiary/aromatic N) is 2. The molecule has 3 aromatic rings.